The molecule has 0 spiro atoms. The minimum Gasteiger partial charge on any atom is -0.497 e. The van der Waals surface area contributed by atoms with Crippen LogP contribution in [0.4, 0.5) is 5.69 Å². The molecule has 0 saturated heterocycles. The van der Waals surface area contributed by atoms with Crippen LogP contribution < -0.4 is 15.4 Å². The van der Waals surface area contributed by atoms with Gasteiger partial charge >= 0.3 is 0 Å². The number of hydrogen-bond donors (Lipinski definition) is 2. The first-order chi connectivity index (χ1) is 11.2. The van der Waals surface area contributed by atoms with Gasteiger partial charge in [-0.1, -0.05) is 30.3 Å². The minimum atomic E-state index is -0.193. The molecule has 0 aliphatic carbocycles. The van der Waals surface area contributed by atoms with Crippen LogP contribution >= 0.6 is 0 Å². The highest BCUT2D eigenvalue weighted by atomic mass is 16.5. The van der Waals surface area contributed by atoms with Crippen LogP contribution in [0, 0.1) is 0 Å². The second-order valence-electron chi connectivity index (χ2n) is 5.90. The maximum absolute atomic E-state index is 12.5. The molecular formula is C19H22N2O2. The molecule has 0 fully saturated rings. The van der Waals surface area contributed by atoms with Gasteiger partial charge in [-0.3, -0.25) is 4.79 Å². The number of carbonyl (C=O) groups excluding carboxylic acids is 1. The number of anilines is 1. The van der Waals surface area contributed by atoms with Crippen LogP contribution in [0.5, 0.6) is 5.75 Å². The van der Waals surface area contributed by atoms with E-state index in [4.69, 9.17) is 4.74 Å². The van der Waals surface area contributed by atoms with E-state index in [0.29, 0.717) is 0 Å². The Kier molecular flexibility index (Phi) is 4.51. The number of benzene rings is 2. The summed E-state index contributed by atoms with van der Waals surface area (Å²) in [7, 11) is 1.67. The lowest BCUT2D eigenvalue weighted by atomic mass is 9.97. The lowest BCUT2D eigenvalue weighted by molar-refractivity contribution is -0.122. The van der Waals surface area contributed by atoms with E-state index in [1.54, 1.807) is 7.11 Å². The van der Waals surface area contributed by atoms with Crippen LogP contribution in [0.1, 0.15) is 30.5 Å². The second-order valence-corrected chi connectivity index (χ2v) is 5.90. The average molecular weight is 310 g/mol. The van der Waals surface area contributed by atoms with Crippen molar-refractivity contribution >= 4 is 11.6 Å². The molecular weight excluding hydrogens is 288 g/mol. The molecule has 0 saturated carbocycles. The molecule has 0 bridgehead atoms. The van der Waals surface area contributed by atoms with E-state index >= 15 is 0 Å². The summed E-state index contributed by atoms with van der Waals surface area (Å²) < 4.78 is 5.25. The predicted molar refractivity (Wildman–Crippen MR) is 91.7 cm³/mol. The molecule has 120 valence electrons. The number of hydrogen-bond acceptors (Lipinski definition) is 3. The SMILES string of the molecule is COc1ccc2c(c1)CC[C@@H](C(=O)N[C@@H](C)c1ccccc1)N2. The summed E-state index contributed by atoms with van der Waals surface area (Å²) in [4.78, 5) is 12.5. The van der Waals surface area contributed by atoms with Crippen molar-refractivity contribution < 1.29 is 9.53 Å². The number of rotatable bonds is 4. The zero-order chi connectivity index (χ0) is 16.2. The van der Waals surface area contributed by atoms with Gasteiger partial charge in [0.2, 0.25) is 5.91 Å². The summed E-state index contributed by atoms with van der Waals surface area (Å²) in [6.45, 7) is 2.01. The minimum absolute atomic E-state index is 0.00256. The normalized spacial score (nSPS) is 17.6. The molecule has 2 aromatic rings. The molecule has 23 heavy (non-hydrogen) atoms. The number of ether oxygens (including phenoxy) is 1. The van der Waals surface area contributed by atoms with Crippen molar-refractivity contribution in [2.75, 3.05) is 12.4 Å². The molecule has 0 radical (unpaired) electrons. The van der Waals surface area contributed by atoms with Gasteiger partial charge in [0.05, 0.1) is 13.2 Å². The van der Waals surface area contributed by atoms with Crippen LogP contribution in [0.25, 0.3) is 0 Å². The Hall–Kier alpha value is -2.49. The van der Waals surface area contributed by atoms with Gasteiger partial charge in [-0.2, -0.15) is 0 Å². The first-order valence-corrected chi connectivity index (χ1v) is 7.96. The van der Waals surface area contributed by atoms with Crippen LogP contribution in [-0.2, 0) is 11.2 Å². The van der Waals surface area contributed by atoms with E-state index in [9.17, 15) is 4.79 Å². The Bertz CT molecular complexity index is 685. The van der Waals surface area contributed by atoms with E-state index in [1.807, 2.05) is 55.5 Å². The molecule has 1 aliphatic heterocycles. The van der Waals surface area contributed by atoms with Crippen molar-refractivity contribution in [3.8, 4) is 5.75 Å². The highest BCUT2D eigenvalue weighted by molar-refractivity contribution is 5.86. The highest BCUT2D eigenvalue weighted by Crippen LogP contribution is 2.28. The molecule has 3 rings (SSSR count). The summed E-state index contributed by atoms with van der Waals surface area (Å²) in [5.41, 5.74) is 3.33. The highest BCUT2D eigenvalue weighted by Gasteiger charge is 2.25. The number of carbonyl (C=O) groups is 1. The topological polar surface area (TPSA) is 50.4 Å². The summed E-state index contributed by atoms with van der Waals surface area (Å²) in [5.74, 6) is 0.897. The fourth-order valence-corrected chi connectivity index (χ4v) is 2.94. The second kappa shape index (κ2) is 6.73. The van der Waals surface area contributed by atoms with Crippen molar-refractivity contribution in [2.24, 2.45) is 0 Å². The van der Waals surface area contributed by atoms with Crippen LogP contribution in [0.2, 0.25) is 0 Å². The first kappa shape index (κ1) is 15.4. The van der Waals surface area contributed by atoms with Crippen molar-refractivity contribution in [3.63, 3.8) is 0 Å². The van der Waals surface area contributed by atoms with Gasteiger partial charge in [0.15, 0.2) is 0 Å². The van der Waals surface area contributed by atoms with Crippen molar-refractivity contribution in [1.29, 1.82) is 0 Å². The summed E-state index contributed by atoms with van der Waals surface area (Å²) >= 11 is 0. The average Bonchev–Trinajstić information content (AvgIpc) is 2.61. The number of aryl methyl sites for hydroxylation is 1. The predicted octanol–water partition coefficient (Wildman–Crippen LogP) is 3.30. The molecule has 1 amide bonds. The van der Waals surface area contributed by atoms with Gasteiger partial charge in [-0.05, 0) is 49.1 Å². The summed E-state index contributed by atoms with van der Waals surface area (Å²) in [6, 6.07) is 15.7. The van der Waals surface area contributed by atoms with Gasteiger partial charge < -0.3 is 15.4 Å². The largest absolute Gasteiger partial charge is 0.497 e. The molecule has 1 heterocycles. The zero-order valence-corrected chi connectivity index (χ0v) is 13.5. The standard InChI is InChI=1S/C19H22N2O2/c1-13(14-6-4-3-5-7-14)20-19(22)18-10-8-15-12-16(23-2)9-11-17(15)21-18/h3-7,9,11-13,18,21H,8,10H2,1-2H3,(H,20,22)/t13-,18-/m0/s1. The fraction of sp³-hybridized carbons (Fsp3) is 0.316. The Labute approximate surface area is 136 Å². The van der Waals surface area contributed by atoms with E-state index < -0.39 is 0 Å². The lowest BCUT2D eigenvalue weighted by Crippen LogP contribution is -2.42. The maximum Gasteiger partial charge on any atom is 0.242 e. The Morgan fingerprint density at radius 3 is 2.78 bits per heavy atom. The van der Waals surface area contributed by atoms with Crippen LogP contribution in [0.3, 0.4) is 0 Å². The quantitative estimate of drug-likeness (QED) is 0.911. The van der Waals surface area contributed by atoms with E-state index in [2.05, 4.69) is 10.6 Å². The maximum atomic E-state index is 12.5. The van der Waals surface area contributed by atoms with Crippen LogP contribution in [0.15, 0.2) is 48.5 Å². The van der Waals surface area contributed by atoms with Crippen molar-refractivity contribution in [2.45, 2.75) is 31.8 Å². The molecule has 2 atom stereocenters. The Morgan fingerprint density at radius 2 is 2.04 bits per heavy atom. The van der Waals surface area contributed by atoms with Gasteiger partial charge in [0, 0.05) is 5.69 Å². The first-order valence-electron chi connectivity index (χ1n) is 7.96. The fourth-order valence-electron chi connectivity index (χ4n) is 2.94. The van der Waals surface area contributed by atoms with Crippen LogP contribution in [-0.4, -0.2) is 19.1 Å². The lowest BCUT2D eigenvalue weighted by Gasteiger charge is -2.28. The van der Waals surface area contributed by atoms with E-state index in [-0.39, 0.29) is 18.0 Å². The Morgan fingerprint density at radius 1 is 1.26 bits per heavy atom. The third-order valence-electron chi connectivity index (χ3n) is 4.32. The molecule has 4 nitrogen and oxygen atoms in total. The van der Waals surface area contributed by atoms with Crippen molar-refractivity contribution in [1.82, 2.24) is 5.32 Å². The summed E-state index contributed by atoms with van der Waals surface area (Å²) in [6.07, 6.45) is 1.66. The number of methoxy groups -OCH3 is 1. The third kappa shape index (κ3) is 3.47. The van der Waals surface area contributed by atoms with E-state index in [0.717, 1.165) is 29.8 Å². The molecule has 1 aliphatic rings. The Balaban J connectivity index is 1.65. The summed E-state index contributed by atoms with van der Waals surface area (Å²) in [5, 5.41) is 6.43. The van der Waals surface area contributed by atoms with E-state index in [1.165, 1.54) is 5.56 Å². The molecule has 4 heteroatoms. The van der Waals surface area contributed by atoms with Gasteiger partial charge in [0.25, 0.3) is 0 Å². The number of nitrogens with one attached hydrogen (secondary N) is 2. The molecule has 0 aromatic heterocycles. The smallest absolute Gasteiger partial charge is 0.242 e. The molecule has 2 aromatic carbocycles. The number of amides is 1. The molecule has 0 unspecified atom stereocenters. The van der Waals surface area contributed by atoms with Gasteiger partial charge in [-0.25, -0.2) is 0 Å². The monoisotopic (exact) mass is 310 g/mol. The third-order valence-corrected chi connectivity index (χ3v) is 4.32. The van der Waals surface area contributed by atoms with Crippen molar-refractivity contribution in [3.05, 3.63) is 59.7 Å². The zero-order valence-electron chi connectivity index (χ0n) is 13.5. The van der Waals surface area contributed by atoms with Gasteiger partial charge in [0.1, 0.15) is 11.8 Å². The van der Waals surface area contributed by atoms with Gasteiger partial charge in [-0.15, -0.1) is 0 Å². The molecule has 2 N–H and O–H groups in total. The number of fused-ring (bicyclic) bond motifs is 1.